The second-order valence-electron chi connectivity index (χ2n) is 7.59. The zero-order valence-electron chi connectivity index (χ0n) is 16.5. The van der Waals surface area contributed by atoms with E-state index in [4.69, 9.17) is 0 Å². The normalized spacial score (nSPS) is 13.5. The second kappa shape index (κ2) is 7.12. The molecule has 1 aliphatic rings. The van der Waals surface area contributed by atoms with Gasteiger partial charge in [-0.25, -0.2) is 0 Å². The first kappa shape index (κ1) is 18.2. The molecule has 0 bridgehead atoms. The van der Waals surface area contributed by atoms with Crippen LogP contribution in [0.25, 0.3) is 11.1 Å². The maximum Gasteiger partial charge on any atom is 0.253 e. The minimum absolute atomic E-state index is 0.0260. The lowest BCUT2D eigenvalue weighted by molar-refractivity contribution is -0.119. The molecular formula is C24H24N2O2. The van der Waals surface area contributed by atoms with E-state index >= 15 is 0 Å². The molecule has 4 heteroatoms. The lowest BCUT2D eigenvalue weighted by Gasteiger charge is -2.32. The molecule has 142 valence electrons. The van der Waals surface area contributed by atoms with Crippen LogP contribution in [-0.2, 0) is 24.8 Å². The molecule has 2 heterocycles. The standard InChI is InChI=1S/C24H24N2O2/c1-16-11-20(21-12-17(2)24(28)25(3)15-21)13-19-9-10-22(27)26(23(16)19)14-18-7-5-4-6-8-18/h4-8,11-13,15H,9-10,14H2,1-3H3. The van der Waals surface area contributed by atoms with Gasteiger partial charge in [-0.3, -0.25) is 9.59 Å². The monoisotopic (exact) mass is 372 g/mol. The van der Waals surface area contributed by atoms with E-state index in [9.17, 15) is 9.59 Å². The van der Waals surface area contributed by atoms with Crippen molar-refractivity contribution < 1.29 is 4.79 Å². The van der Waals surface area contributed by atoms with Crippen molar-refractivity contribution in [2.24, 2.45) is 7.05 Å². The Hall–Kier alpha value is -3.14. The Balaban J connectivity index is 1.78. The number of fused-ring (bicyclic) bond motifs is 1. The molecule has 0 N–H and O–H groups in total. The third-order valence-electron chi connectivity index (χ3n) is 5.44. The zero-order chi connectivity index (χ0) is 19.8. The highest BCUT2D eigenvalue weighted by Gasteiger charge is 2.26. The lowest BCUT2D eigenvalue weighted by Crippen LogP contribution is -2.35. The molecule has 0 unspecified atom stereocenters. The number of carbonyl (C=O) groups excluding carboxylic acids is 1. The maximum atomic E-state index is 12.7. The summed E-state index contributed by atoms with van der Waals surface area (Å²) >= 11 is 0. The molecule has 0 atom stereocenters. The van der Waals surface area contributed by atoms with E-state index in [-0.39, 0.29) is 11.5 Å². The number of rotatable bonds is 3. The molecule has 28 heavy (non-hydrogen) atoms. The number of aryl methyl sites for hydroxylation is 4. The van der Waals surface area contributed by atoms with E-state index < -0.39 is 0 Å². The number of hydrogen-bond donors (Lipinski definition) is 0. The molecule has 0 saturated carbocycles. The van der Waals surface area contributed by atoms with E-state index in [0.29, 0.717) is 13.0 Å². The number of nitrogens with zero attached hydrogens (tertiary/aromatic N) is 2. The summed E-state index contributed by atoms with van der Waals surface area (Å²) < 4.78 is 1.63. The van der Waals surface area contributed by atoms with Crippen molar-refractivity contribution in [2.45, 2.75) is 33.2 Å². The van der Waals surface area contributed by atoms with Crippen LogP contribution in [0, 0.1) is 13.8 Å². The van der Waals surface area contributed by atoms with Crippen LogP contribution in [0.3, 0.4) is 0 Å². The van der Waals surface area contributed by atoms with E-state index in [0.717, 1.165) is 39.9 Å². The number of hydrogen-bond acceptors (Lipinski definition) is 2. The van der Waals surface area contributed by atoms with Crippen LogP contribution in [0.1, 0.15) is 28.7 Å². The van der Waals surface area contributed by atoms with E-state index in [1.165, 1.54) is 5.56 Å². The molecule has 0 saturated heterocycles. The van der Waals surface area contributed by atoms with Gasteiger partial charge in [-0.2, -0.15) is 0 Å². The van der Waals surface area contributed by atoms with Crippen LogP contribution in [0.15, 0.2) is 59.5 Å². The molecule has 2 aromatic carbocycles. The Labute approximate surface area is 165 Å². The first-order valence-electron chi connectivity index (χ1n) is 9.59. The van der Waals surface area contributed by atoms with Crippen LogP contribution in [0.4, 0.5) is 5.69 Å². The van der Waals surface area contributed by atoms with Gasteiger partial charge in [0.2, 0.25) is 5.91 Å². The van der Waals surface area contributed by atoms with Crippen LogP contribution in [0.5, 0.6) is 0 Å². The minimum atomic E-state index is 0.0260. The molecule has 4 rings (SSSR count). The Bertz CT molecular complexity index is 1090. The highest BCUT2D eigenvalue weighted by Crippen LogP contribution is 2.36. The van der Waals surface area contributed by atoms with Gasteiger partial charge in [0.25, 0.3) is 5.56 Å². The van der Waals surface area contributed by atoms with Gasteiger partial charge in [-0.15, -0.1) is 0 Å². The zero-order valence-corrected chi connectivity index (χ0v) is 16.5. The van der Waals surface area contributed by atoms with E-state index in [2.05, 4.69) is 31.2 Å². The average molecular weight is 372 g/mol. The summed E-state index contributed by atoms with van der Waals surface area (Å²) in [4.78, 5) is 26.6. The SMILES string of the molecule is Cc1cc(-c2cc(C)c(=O)n(C)c2)cc2c1N(Cc1ccccc1)C(=O)CC2. The van der Waals surface area contributed by atoms with Crippen LogP contribution in [0.2, 0.25) is 0 Å². The first-order valence-corrected chi connectivity index (χ1v) is 9.59. The smallest absolute Gasteiger partial charge is 0.253 e. The first-order chi connectivity index (χ1) is 13.4. The third-order valence-corrected chi connectivity index (χ3v) is 5.44. The molecule has 0 fully saturated rings. The van der Waals surface area contributed by atoms with Gasteiger partial charge in [0.15, 0.2) is 0 Å². The van der Waals surface area contributed by atoms with Crippen molar-refractivity contribution in [3.63, 3.8) is 0 Å². The third kappa shape index (κ3) is 3.26. The molecule has 4 nitrogen and oxygen atoms in total. The lowest BCUT2D eigenvalue weighted by atomic mass is 9.92. The number of benzene rings is 2. The Morgan fingerprint density at radius 1 is 0.893 bits per heavy atom. The molecule has 3 aromatic rings. The topological polar surface area (TPSA) is 42.3 Å². The summed E-state index contributed by atoms with van der Waals surface area (Å²) in [7, 11) is 1.78. The minimum Gasteiger partial charge on any atom is -0.318 e. The number of aromatic nitrogens is 1. The summed E-state index contributed by atoms with van der Waals surface area (Å²) in [5, 5.41) is 0. The molecule has 1 aliphatic heterocycles. The fourth-order valence-corrected chi connectivity index (χ4v) is 4.07. The maximum absolute atomic E-state index is 12.7. The summed E-state index contributed by atoms with van der Waals surface area (Å²) in [5.41, 5.74) is 7.31. The highest BCUT2D eigenvalue weighted by atomic mass is 16.2. The van der Waals surface area contributed by atoms with Crippen molar-refractivity contribution in [2.75, 3.05) is 4.90 Å². The molecule has 1 amide bonds. The predicted molar refractivity (Wildman–Crippen MR) is 113 cm³/mol. The summed E-state index contributed by atoms with van der Waals surface area (Å²) in [6.07, 6.45) is 3.15. The molecule has 0 radical (unpaired) electrons. The van der Waals surface area contributed by atoms with E-state index in [1.54, 1.807) is 11.6 Å². The Kier molecular flexibility index (Phi) is 4.63. The van der Waals surface area contributed by atoms with Crippen molar-refractivity contribution in [3.05, 3.63) is 87.3 Å². The van der Waals surface area contributed by atoms with Crippen molar-refractivity contribution in [1.29, 1.82) is 0 Å². The van der Waals surface area contributed by atoms with Crippen LogP contribution >= 0.6 is 0 Å². The van der Waals surface area contributed by atoms with Gasteiger partial charge in [-0.05, 0) is 66.3 Å². The van der Waals surface area contributed by atoms with Crippen LogP contribution in [-0.4, -0.2) is 10.5 Å². The van der Waals surface area contributed by atoms with Gasteiger partial charge >= 0.3 is 0 Å². The van der Waals surface area contributed by atoms with Crippen molar-refractivity contribution in [1.82, 2.24) is 4.57 Å². The second-order valence-corrected chi connectivity index (χ2v) is 7.59. The largest absolute Gasteiger partial charge is 0.318 e. The molecular weight excluding hydrogens is 348 g/mol. The molecule has 1 aromatic heterocycles. The number of anilines is 1. The van der Waals surface area contributed by atoms with E-state index in [1.807, 2.05) is 42.3 Å². The van der Waals surface area contributed by atoms with Gasteiger partial charge < -0.3 is 9.47 Å². The van der Waals surface area contributed by atoms with Crippen molar-refractivity contribution >= 4 is 11.6 Å². The average Bonchev–Trinajstić information content (AvgIpc) is 2.68. The van der Waals surface area contributed by atoms with Gasteiger partial charge in [-0.1, -0.05) is 30.3 Å². The summed E-state index contributed by atoms with van der Waals surface area (Å²) in [6.45, 7) is 4.50. The van der Waals surface area contributed by atoms with Gasteiger partial charge in [0.05, 0.1) is 12.2 Å². The number of amides is 1. The van der Waals surface area contributed by atoms with Gasteiger partial charge in [0.1, 0.15) is 0 Å². The fraction of sp³-hybridized carbons (Fsp3) is 0.250. The molecule has 0 aliphatic carbocycles. The van der Waals surface area contributed by atoms with Crippen molar-refractivity contribution in [3.8, 4) is 11.1 Å². The Morgan fingerprint density at radius 3 is 2.32 bits per heavy atom. The quantitative estimate of drug-likeness (QED) is 0.693. The summed E-state index contributed by atoms with van der Waals surface area (Å²) in [6, 6.07) is 16.3. The fourth-order valence-electron chi connectivity index (χ4n) is 4.07. The Morgan fingerprint density at radius 2 is 1.61 bits per heavy atom. The van der Waals surface area contributed by atoms with Crippen LogP contribution < -0.4 is 10.5 Å². The number of carbonyl (C=O) groups is 1. The van der Waals surface area contributed by atoms with Gasteiger partial charge in [0, 0.05) is 25.2 Å². The highest BCUT2D eigenvalue weighted by molar-refractivity contribution is 5.97. The predicted octanol–water partition coefficient (Wildman–Crippen LogP) is 4.15. The summed E-state index contributed by atoms with van der Waals surface area (Å²) in [5.74, 6) is 0.171. The number of pyridine rings is 1. The molecule has 0 spiro atoms.